The SMILES string of the molecule is CC1CCN(C2CC3(CCN(C(=O)O)C3)C2)CC1. The summed E-state index contributed by atoms with van der Waals surface area (Å²) >= 11 is 0. The third-order valence-corrected chi connectivity index (χ3v) is 5.38. The minimum atomic E-state index is -0.734. The van der Waals surface area contributed by atoms with E-state index in [0.29, 0.717) is 5.41 Å². The fourth-order valence-corrected chi connectivity index (χ4v) is 4.02. The van der Waals surface area contributed by atoms with E-state index in [0.717, 1.165) is 31.5 Å². The molecule has 0 aromatic heterocycles. The fraction of sp³-hybridized carbons (Fsp3) is 0.929. The molecule has 2 aliphatic heterocycles. The topological polar surface area (TPSA) is 43.8 Å². The Morgan fingerprint density at radius 2 is 1.89 bits per heavy atom. The molecule has 0 aromatic carbocycles. The molecule has 0 atom stereocenters. The normalized spacial score (nSPS) is 38.1. The van der Waals surface area contributed by atoms with Crippen LogP contribution in [-0.4, -0.2) is 53.2 Å². The number of amides is 1. The van der Waals surface area contributed by atoms with Crippen LogP contribution in [0.3, 0.4) is 0 Å². The molecule has 3 fully saturated rings. The summed E-state index contributed by atoms with van der Waals surface area (Å²) in [5.74, 6) is 0.893. The third kappa shape index (κ3) is 2.11. The summed E-state index contributed by atoms with van der Waals surface area (Å²) < 4.78 is 0. The van der Waals surface area contributed by atoms with Crippen molar-refractivity contribution in [1.82, 2.24) is 9.80 Å². The van der Waals surface area contributed by atoms with E-state index in [1.807, 2.05) is 0 Å². The highest BCUT2D eigenvalue weighted by Gasteiger charge is 2.51. The largest absolute Gasteiger partial charge is 0.465 e. The van der Waals surface area contributed by atoms with Crippen molar-refractivity contribution in [3.8, 4) is 0 Å². The predicted molar refractivity (Wildman–Crippen MR) is 69.6 cm³/mol. The van der Waals surface area contributed by atoms with E-state index < -0.39 is 6.09 Å². The number of carboxylic acid groups (broad SMARTS) is 1. The lowest BCUT2D eigenvalue weighted by molar-refractivity contribution is -0.00726. The summed E-state index contributed by atoms with van der Waals surface area (Å²) in [6.07, 6.45) is 5.48. The first kappa shape index (κ1) is 12.3. The summed E-state index contributed by atoms with van der Waals surface area (Å²) in [6, 6.07) is 0.742. The molecule has 0 unspecified atom stereocenters. The Kier molecular flexibility index (Phi) is 3.00. The first-order valence-electron chi connectivity index (χ1n) is 7.30. The maximum atomic E-state index is 11.0. The fourth-order valence-electron chi connectivity index (χ4n) is 4.02. The average molecular weight is 252 g/mol. The summed E-state index contributed by atoms with van der Waals surface area (Å²) in [6.45, 7) is 6.39. The second-order valence-electron chi connectivity index (χ2n) is 6.73. The Morgan fingerprint density at radius 1 is 1.22 bits per heavy atom. The maximum Gasteiger partial charge on any atom is 0.407 e. The summed E-state index contributed by atoms with van der Waals surface area (Å²) in [5, 5.41) is 9.02. The van der Waals surface area contributed by atoms with Gasteiger partial charge in [-0.15, -0.1) is 0 Å². The first-order chi connectivity index (χ1) is 8.58. The van der Waals surface area contributed by atoms with Crippen molar-refractivity contribution in [3.63, 3.8) is 0 Å². The highest BCUT2D eigenvalue weighted by Crippen LogP contribution is 2.50. The van der Waals surface area contributed by atoms with Crippen molar-refractivity contribution in [2.24, 2.45) is 11.3 Å². The van der Waals surface area contributed by atoms with Gasteiger partial charge < -0.3 is 14.9 Å². The lowest BCUT2D eigenvalue weighted by Crippen LogP contribution is -2.54. The van der Waals surface area contributed by atoms with E-state index in [1.165, 1.54) is 38.8 Å². The summed E-state index contributed by atoms with van der Waals surface area (Å²) in [7, 11) is 0. The smallest absolute Gasteiger partial charge is 0.407 e. The highest BCUT2D eigenvalue weighted by atomic mass is 16.4. The van der Waals surface area contributed by atoms with E-state index in [2.05, 4.69) is 11.8 Å². The molecular formula is C14H24N2O2. The number of hydrogen-bond donors (Lipinski definition) is 1. The van der Waals surface area contributed by atoms with E-state index in [-0.39, 0.29) is 0 Å². The molecule has 1 N–H and O–H groups in total. The van der Waals surface area contributed by atoms with Crippen LogP contribution >= 0.6 is 0 Å². The van der Waals surface area contributed by atoms with Crippen LogP contribution in [0.25, 0.3) is 0 Å². The van der Waals surface area contributed by atoms with Gasteiger partial charge >= 0.3 is 6.09 Å². The molecular weight excluding hydrogens is 228 g/mol. The number of carbonyl (C=O) groups is 1. The number of piperidine rings is 1. The van der Waals surface area contributed by atoms with Gasteiger partial charge in [-0.1, -0.05) is 6.92 Å². The van der Waals surface area contributed by atoms with Crippen LogP contribution in [0.4, 0.5) is 4.79 Å². The third-order valence-electron chi connectivity index (χ3n) is 5.38. The zero-order chi connectivity index (χ0) is 12.8. The second kappa shape index (κ2) is 4.41. The van der Waals surface area contributed by atoms with Crippen LogP contribution in [-0.2, 0) is 0 Å². The molecule has 2 heterocycles. The maximum absolute atomic E-state index is 11.0. The van der Waals surface area contributed by atoms with Crippen molar-refractivity contribution < 1.29 is 9.90 Å². The molecule has 4 heteroatoms. The van der Waals surface area contributed by atoms with Gasteiger partial charge in [-0.25, -0.2) is 4.79 Å². The Labute approximate surface area is 109 Å². The van der Waals surface area contributed by atoms with Crippen molar-refractivity contribution >= 4 is 6.09 Å². The summed E-state index contributed by atoms with van der Waals surface area (Å²) in [5.41, 5.74) is 0.339. The Balaban J connectivity index is 1.50. The Morgan fingerprint density at radius 3 is 2.44 bits per heavy atom. The van der Waals surface area contributed by atoms with Crippen LogP contribution in [0.2, 0.25) is 0 Å². The van der Waals surface area contributed by atoms with Gasteiger partial charge in [0, 0.05) is 19.1 Å². The van der Waals surface area contributed by atoms with Gasteiger partial charge in [0.2, 0.25) is 0 Å². The van der Waals surface area contributed by atoms with Crippen LogP contribution in [0.15, 0.2) is 0 Å². The lowest BCUT2D eigenvalue weighted by Gasteiger charge is -2.51. The molecule has 0 radical (unpaired) electrons. The molecule has 3 rings (SSSR count). The Bertz CT molecular complexity index is 331. The molecule has 3 aliphatic rings. The van der Waals surface area contributed by atoms with Crippen molar-refractivity contribution in [1.29, 1.82) is 0 Å². The van der Waals surface area contributed by atoms with Crippen molar-refractivity contribution in [2.45, 2.75) is 45.1 Å². The van der Waals surface area contributed by atoms with E-state index >= 15 is 0 Å². The minimum absolute atomic E-state index is 0.339. The van der Waals surface area contributed by atoms with Gasteiger partial charge in [-0.3, -0.25) is 0 Å². The van der Waals surface area contributed by atoms with Gasteiger partial charge in [-0.05, 0) is 56.5 Å². The zero-order valence-corrected chi connectivity index (χ0v) is 11.3. The molecule has 1 aliphatic carbocycles. The van der Waals surface area contributed by atoms with E-state index in [9.17, 15) is 4.79 Å². The van der Waals surface area contributed by atoms with Gasteiger partial charge in [0.1, 0.15) is 0 Å². The molecule has 0 aromatic rings. The van der Waals surface area contributed by atoms with Crippen LogP contribution in [0.1, 0.15) is 39.0 Å². The zero-order valence-electron chi connectivity index (χ0n) is 11.3. The average Bonchev–Trinajstić information content (AvgIpc) is 2.73. The van der Waals surface area contributed by atoms with Gasteiger partial charge in [-0.2, -0.15) is 0 Å². The molecule has 0 bridgehead atoms. The number of hydrogen-bond acceptors (Lipinski definition) is 2. The minimum Gasteiger partial charge on any atom is -0.465 e. The van der Waals surface area contributed by atoms with Gasteiger partial charge in [0.15, 0.2) is 0 Å². The molecule has 18 heavy (non-hydrogen) atoms. The van der Waals surface area contributed by atoms with Crippen LogP contribution in [0.5, 0.6) is 0 Å². The van der Waals surface area contributed by atoms with Crippen LogP contribution in [0, 0.1) is 11.3 Å². The van der Waals surface area contributed by atoms with E-state index in [1.54, 1.807) is 4.90 Å². The standard InChI is InChI=1S/C14H24N2O2/c1-11-2-5-15(6-3-11)12-8-14(9-12)4-7-16(10-14)13(17)18/h11-12H,2-10H2,1H3,(H,17,18). The molecule has 1 saturated carbocycles. The molecule has 4 nitrogen and oxygen atoms in total. The molecule has 102 valence electrons. The molecule has 1 amide bonds. The number of likely N-dealkylation sites (tertiary alicyclic amines) is 2. The van der Waals surface area contributed by atoms with E-state index in [4.69, 9.17) is 5.11 Å². The van der Waals surface area contributed by atoms with Crippen LogP contribution < -0.4 is 0 Å². The monoisotopic (exact) mass is 252 g/mol. The second-order valence-corrected chi connectivity index (χ2v) is 6.73. The highest BCUT2D eigenvalue weighted by molar-refractivity contribution is 5.65. The van der Waals surface area contributed by atoms with Gasteiger partial charge in [0.25, 0.3) is 0 Å². The molecule has 2 saturated heterocycles. The van der Waals surface area contributed by atoms with Crippen molar-refractivity contribution in [3.05, 3.63) is 0 Å². The molecule has 1 spiro atoms. The summed E-state index contributed by atoms with van der Waals surface area (Å²) in [4.78, 5) is 15.2. The lowest BCUT2D eigenvalue weighted by atomic mass is 9.64. The number of rotatable bonds is 1. The Hall–Kier alpha value is -0.770. The predicted octanol–water partition coefficient (Wildman–Crippen LogP) is 2.25. The first-order valence-corrected chi connectivity index (χ1v) is 7.30. The quantitative estimate of drug-likeness (QED) is 0.778. The van der Waals surface area contributed by atoms with Gasteiger partial charge in [0.05, 0.1) is 0 Å². The van der Waals surface area contributed by atoms with Crippen molar-refractivity contribution in [2.75, 3.05) is 26.2 Å². The number of nitrogens with zero attached hydrogens (tertiary/aromatic N) is 2.